The number of rotatable bonds is 10. The van der Waals surface area contributed by atoms with Crippen molar-refractivity contribution in [3.05, 3.63) is 105 Å². The van der Waals surface area contributed by atoms with Gasteiger partial charge in [0.25, 0.3) is 15.9 Å². The maximum Gasteiger partial charge on any atom is 0.435 e. The van der Waals surface area contributed by atoms with Gasteiger partial charge in [-0.15, -0.1) is 0 Å². The van der Waals surface area contributed by atoms with Crippen LogP contribution in [0.3, 0.4) is 0 Å². The van der Waals surface area contributed by atoms with Crippen LogP contribution in [0.2, 0.25) is 10.0 Å². The summed E-state index contributed by atoms with van der Waals surface area (Å²) in [4.78, 5) is 28.0. The van der Waals surface area contributed by atoms with Crippen molar-refractivity contribution in [2.45, 2.75) is 43.8 Å². The first-order chi connectivity index (χ1) is 20.2. The van der Waals surface area contributed by atoms with Gasteiger partial charge in [0.2, 0.25) is 0 Å². The Kier molecular flexibility index (Phi) is 9.53. The van der Waals surface area contributed by atoms with E-state index in [1.165, 1.54) is 36.4 Å². The topological polar surface area (TPSA) is 118 Å². The Labute approximate surface area is 255 Å². The van der Waals surface area contributed by atoms with E-state index in [2.05, 4.69) is 4.98 Å². The van der Waals surface area contributed by atoms with Gasteiger partial charge in [-0.1, -0.05) is 79.0 Å². The van der Waals surface area contributed by atoms with Gasteiger partial charge < -0.3 is 9.67 Å². The van der Waals surface area contributed by atoms with Gasteiger partial charge in [-0.05, 0) is 41.8 Å². The highest BCUT2D eigenvalue weighted by Crippen LogP contribution is 2.33. The number of carboxylic acids is 1. The molecule has 4 aromatic rings. The van der Waals surface area contributed by atoms with Crippen molar-refractivity contribution in [2.75, 3.05) is 0 Å². The van der Waals surface area contributed by atoms with Crippen molar-refractivity contribution in [3.8, 4) is 11.1 Å². The number of halogens is 5. The van der Waals surface area contributed by atoms with Crippen LogP contribution in [0.4, 0.5) is 13.2 Å². The van der Waals surface area contributed by atoms with Gasteiger partial charge in [0.05, 0.1) is 14.9 Å². The summed E-state index contributed by atoms with van der Waals surface area (Å²) in [5, 5.41) is 9.90. The molecule has 0 saturated carbocycles. The second kappa shape index (κ2) is 12.8. The van der Waals surface area contributed by atoms with E-state index in [9.17, 15) is 36.3 Å². The second-order valence-corrected chi connectivity index (χ2v) is 11.9. The molecular weight excluding hydrogens is 630 g/mol. The average Bonchev–Trinajstić information content (AvgIpc) is 3.32. The van der Waals surface area contributed by atoms with E-state index in [4.69, 9.17) is 23.2 Å². The van der Waals surface area contributed by atoms with Crippen molar-refractivity contribution < 1.29 is 36.3 Å². The third kappa shape index (κ3) is 7.20. The maximum atomic E-state index is 13.6. The van der Waals surface area contributed by atoms with Gasteiger partial charge in [-0.25, -0.2) is 22.9 Å². The van der Waals surface area contributed by atoms with Gasteiger partial charge >= 0.3 is 12.1 Å². The number of unbranched alkanes of at least 4 members (excludes halogenated alkanes) is 1. The molecule has 226 valence electrons. The number of amides is 1. The first-order valence-corrected chi connectivity index (χ1v) is 15.1. The van der Waals surface area contributed by atoms with E-state index in [1.54, 1.807) is 30.3 Å². The van der Waals surface area contributed by atoms with Crippen molar-refractivity contribution in [3.63, 3.8) is 0 Å². The summed E-state index contributed by atoms with van der Waals surface area (Å²) in [6, 6.07) is 16.1. The fraction of sp³-hybridized carbons (Fsp3) is 0.207. The van der Waals surface area contributed by atoms with Crippen molar-refractivity contribution in [1.29, 1.82) is 0 Å². The number of benzene rings is 3. The lowest BCUT2D eigenvalue weighted by Crippen LogP contribution is -2.31. The SMILES string of the molecule is CCCCc1nc(C(F)(F)F)c(C(=O)O)n1Cc1ccc(-c2ccccc2S(=O)(=O)NC(=O)c2ccc(Cl)c(Cl)c2)cc1. The van der Waals surface area contributed by atoms with Crippen LogP contribution in [0, 0.1) is 0 Å². The molecule has 2 N–H and O–H groups in total. The fourth-order valence-corrected chi connectivity index (χ4v) is 5.90. The van der Waals surface area contributed by atoms with E-state index >= 15 is 0 Å². The first kappa shape index (κ1) is 32.1. The molecule has 0 saturated heterocycles. The number of imidazole rings is 1. The Balaban J connectivity index is 1.65. The molecule has 0 bridgehead atoms. The number of aromatic carboxylic acids is 1. The molecule has 0 unspecified atom stereocenters. The van der Waals surface area contributed by atoms with Gasteiger partial charge in [0.15, 0.2) is 11.4 Å². The summed E-state index contributed by atoms with van der Waals surface area (Å²) < 4.78 is 70.4. The predicted octanol–water partition coefficient (Wildman–Crippen LogP) is 7.08. The first-order valence-electron chi connectivity index (χ1n) is 12.8. The Morgan fingerprint density at radius 3 is 2.28 bits per heavy atom. The average molecular weight is 654 g/mol. The Morgan fingerprint density at radius 1 is 1.00 bits per heavy atom. The quantitative estimate of drug-likeness (QED) is 0.189. The van der Waals surface area contributed by atoms with E-state index in [0.717, 1.165) is 4.57 Å². The number of nitrogens with one attached hydrogen (secondary N) is 1. The molecule has 1 amide bonds. The molecular formula is C29H24Cl2F3N3O5S. The largest absolute Gasteiger partial charge is 0.477 e. The number of carbonyl (C=O) groups is 2. The van der Waals surface area contributed by atoms with Gasteiger partial charge in [0, 0.05) is 24.1 Å². The minimum atomic E-state index is -4.95. The molecule has 8 nitrogen and oxygen atoms in total. The standard InChI is InChI=1S/C29H24Cl2F3N3O5S/c1-2-3-8-24-35-26(29(32,33)34)25(28(39)40)37(24)16-17-9-11-18(12-10-17)20-6-4-5-7-23(20)43(41,42)36-27(38)19-13-14-21(30)22(31)15-19/h4-7,9-15H,2-3,8,16H2,1H3,(H,36,38)(H,39,40). The molecule has 0 aliphatic carbocycles. The molecule has 14 heteroatoms. The van der Waals surface area contributed by atoms with Crippen LogP contribution in [0.5, 0.6) is 0 Å². The Hall–Kier alpha value is -3.87. The van der Waals surface area contributed by atoms with Crippen LogP contribution < -0.4 is 4.72 Å². The predicted molar refractivity (Wildman–Crippen MR) is 155 cm³/mol. The minimum absolute atomic E-state index is 0.00445. The zero-order valence-corrected chi connectivity index (χ0v) is 24.8. The monoisotopic (exact) mass is 653 g/mol. The molecule has 0 atom stereocenters. The third-order valence-corrected chi connectivity index (χ3v) is 8.59. The number of hydrogen-bond donors (Lipinski definition) is 2. The number of alkyl halides is 3. The Morgan fingerprint density at radius 2 is 1.67 bits per heavy atom. The van der Waals surface area contributed by atoms with E-state index < -0.39 is 39.5 Å². The molecule has 3 aromatic carbocycles. The second-order valence-electron chi connectivity index (χ2n) is 9.47. The highest BCUT2D eigenvalue weighted by molar-refractivity contribution is 7.90. The molecule has 0 radical (unpaired) electrons. The van der Waals surface area contributed by atoms with Crippen LogP contribution in [-0.2, 0) is 29.2 Å². The van der Waals surface area contributed by atoms with Crippen molar-refractivity contribution in [2.24, 2.45) is 0 Å². The molecule has 4 rings (SSSR count). The van der Waals surface area contributed by atoms with Crippen LogP contribution in [-0.4, -0.2) is 35.0 Å². The maximum absolute atomic E-state index is 13.6. The van der Waals surface area contributed by atoms with Gasteiger partial charge in [-0.3, -0.25) is 4.79 Å². The van der Waals surface area contributed by atoms with Crippen LogP contribution in [0.15, 0.2) is 71.6 Å². The Bertz CT molecular complexity index is 1790. The lowest BCUT2D eigenvalue weighted by atomic mass is 10.0. The highest BCUT2D eigenvalue weighted by atomic mass is 35.5. The zero-order chi connectivity index (χ0) is 31.5. The summed E-state index contributed by atoms with van der Waals surface area (Å²) in [5.74, 6) is -2.67. The van der Waals surface area contributed by atoms with Crippen LogP contribution in [0.25, 0.3) is 11.1 Å². The molecule has 0 aliphatic heterocycles. The third-order valence-electron chi connectivity index (χ3n) is 6.46. The normalized spacial score (nSPS) is 11.9. The van der Waals surface area contributed by atoms with Crippen LogP contribution in [0.1, 0.15) is 57.7 Å². The highest BCUT2D eigenvalue weighted by Gasteiger charge is 2.41. The number of carbonyl (C=O) groups excluding carboxylic acids is 1. The number of hydrogen-bond acceptors (Lipinski definition) is 5. The van der Waals surface area contributed by atoms with E-state index in [1.807, 2.05) is 11.6 Å². The number of nitrogens with zero attached hydrogens (tertiary/aromatic N) is 2. The number of aromatic nitrogens is 2. The molecule has 43 heavy (non-hydrogen) atoms. The summed E-state index contributed by atoms with van der Waals surface area (Å²) >= 11 is 11.8. The fourth-order valence-electron chi connectivity index (χ4n) is 4.39. The van der Waals surface area contributed by atoms with E-state index in [-0.39, 0.29) is 44.9 Å². The van der Waals surface area contributed by atoms with E-state index in [0.29, 0.717) is 24.0 Å². The molecule has 0 spiro atoms. The van der Waals surface area contributed by atoms with Crippen molar-refractivity contribution >= 4 is 45.1 Å². The minimum Gasteiger partial charge on any atom is -0.477 e. The molecule has 0 aliphatic rings. The summed E-state index contributed by atoms with van der Waals surface area (Å²) in [6.07, 6.45) is -3.61. The van der Waals surface area contributed by atoms with Crippen molar-refractivity contribution in [1.82, 2.24) is 14.3 Å². The smallest absolute Gasteiger partial charge is 0.435 e. The lowest BCUT2D eigenvalue weighted by molar-refractivity contribution is -0.141. The van der Waals surface area contributed by atoms with Gasteiger partial charge in [-0.2, -0.15) is 13.2 Å². The van der Waals surface area contributed by atoms with Crippen LogP contribution >= 0.6 is 23.2 Å². The number of carboxylic acid groups (broad SMARTS) is 1. The summed E-state index contributed by atoms with van der Waals surface area (Å²) in [5.41, 5.74) is -1.28. The molecule has 0 fully saturated rings. The summed E-state index contributed by atoms with van der Waals surface area (Å²) in [7, 11) is -4.37. The van der Waals surface area contributed by atoms with Gasteiger partial charge in [0.1, 0.15) is 5.82 Å². The lowest BCUT2D eigenvalue weighted by Gasteiger charge is -2.14. The number of aryl methyl sites for hydroxylation is 1. The number of sulfonamides is 1. The molecule has 1 heterocycles. The molecule has 1 aromatic heterocycles. The zero-order valence-electron chi connectivity index (χ0n) is 22.5. The summed E-state index contributed by atoms with van der Waals surface area (Å²) in [6.45, 7) is 1.65.